The second-order valence-corrected chi connectivity index (χ2v) is 4.42. The molecule has 2 N–H and O–H groups in total. The number of para-hydroxylation sites is 1. The second kappa shape index (κ2) is 3.61. The summed E-state index contributed by atoms with van der Waals surface area (Å²) < 4.78 is 5.89. The van der Waals surface area contributed by atoms with E-state index >= 15 is 0 Å². The van der Waals surface area contributed by atoms with Crippen molar-refractivity contribution in [2.75, 3.05) is 20.1 Å². The van der Waals surface area contributed by atoms with Gasteiger partial charge in [-0.05, 0) is 13.1 Å². The molecule has 2 heterocycles. The van der Waals surface area contributed by atoms with E-state index in [1.807, 2.05) is 12.1 Å². The van der Waals surface area contributed by atoms with Gasteiger partial charge in [-0.25, -0.2) is 0 Å². The van der Waals surface area contributed by atoms with Crippen molar-refractivity contribution in [1.29, 1.82) is 0 Å². The molecule has 0 saturated heterocycles. The summed E-state index contributed by atoms with van der Waals surface area (Å²) in [6, 6.07) is 8.52. The topological polar surface area (TPSA) is 42.4 Å². The van der Waals surface area contributed by atoms with E-state index in [4.69, 9.17) is 10.2 Å². The maximum Gasteiger partial charge on any atom is 0.134 e. The highest BCUT2D eigenvalue weighted by atomic mass is 16.3. The minimum atomic E-state index is 0.299. The van der Waals surface area contributed by atoms with Crippen molar-refractivity contribution in [1.82, 2.24) is 4.90 Å². The number of nitrogens with zero attached hydrogens (tertiary/aromatic N) is 1. The summed E-state index contributed by atoms with van der Waals surface area (Å²) in [6.07, 6.45) is 0.983. The van der Waals surface area contributed by atoms with Gasteiger partial charge in [0, 0.05) is 30.5 Å². The number of furan rings is 1. The number of hydrogen-bond acceptors (Lipinski definition) is 3. The molecule has 0 fully saturated rings. The molecule has 1 aliphatic heterocycles. The quantitative estimate of drug-likeness (QED) is 0.792. The zero-order valence-electron chi connectivity index (χ0n) is 9.44. The van der Waals surface area contributed by atoms with Crippen LogP contribution in [0.4, 0.5) is 0 Å². The van der Waals surface area contributed by atoms with Gasteiger partial charge >= 0.3 is 0 Å². The molecule has 3 heteroatoms. The van der Waals surface area contributed by atoms with E-state index in [9.17, 15) is 0 Å². The van der Waals surface area contributed by atoms with E-state index in [2.05, 4.69) is 24.1 Å². The van der Waals surface area contributed by atoms with E-state index in [0.29, 0.717) is 12.6 Å². The van der Waals surface area contributed by atoms with Gasteiger partial charge in [0.05, 0.1) is 6.04 Å². The zero-order chi connectivity index (χ0) is 11.1. The van der Waals surface area contributed by atoms with Crippen molar-refractivity contribution in [2.24, 2.45) is 5.73 Å². The Morgan fingerprint density at radius 1 is 1.44 bits per heavy atom. The van der Waals surface area contributed by atoms with Crippen LogP contribution in [-0.2, 0) is 6.42 Å². The Morgan fingerprint density at radius 3 is 3.06 bits per heavy atom. The summed E-state index contributed by atoms with van der Waals surface area (Å²) in [7, 11) is 2.13. The van der Waals surface area contributed by atoms with Crippen LogP contribution in [0.5, 0.6) is 0 Å². The molecule has 0 radical (unpaired) electrons. The minimum absolute atomic E-state index is 0.299. The summed E-state index contributed by atoms with van der Waals surface area (Å²) in [6.45, 7) is 1.67. The van der Waals surface area contributed by atoms with Crippen molar-refractivity contribution in [3.05, 3.63) is 35.6 Å². The van der Waals surface area contributed by atoms with Gasteiger partial charge in [0.2, 0.25) is 0 Å². The molecule has 1 aliphatic rings. The van der Waals surface area contributed by atoms with Crippen LogP contribution in [0.25, 0.3) is 11.0 Å². The molecule has 3 rings (SSSR count). The maximum absolute atomic E-state index is 5.89. The standard InChI is InChI=1S/C13H16N2O/c1-15-7-6-12-13(10(15)8-14)9-4-2-3-5-11(9)16-12/h2-5,10H,6-8,14H2,1H3. The van der Waals surface area contributed by atoms with Crippen LogP contribution in [0.2, 0.25) is 0 Å². The van der Waals surface area contributed by atoms with E-state index in [1.165, 1.54) is 10.9 Å². The molecule has 0 bridgehead atoms. The fraction of sp³-hybridized carbons (Fsp3) is 0.385. The third-order valence-electron chi connectivity index (χ3n) is 3.49. The molecule has 2 aromatic rings. The van der Waals surface area contributed by atoms with Crippen molar-refractivity contribution in [2.45, 2.75) is 12.5 Å². The normalized spacial score (nSPS) is 21.2. The molecular formula is C13H16N2O. The molecule has 1 atom stereocenters. The van der Waals surface area contributed by atoms with Gasteiger partial charge in [0.1, 0.15) is 11.3 Å². The molecule has 3 nitrogen and oxygen atoms in total. The lowest BCUT2D eigenvalue weighted by molar-refractivity contribution is 0.226. The maximum atomic E-state index is 5.89. The third kappa shape index (κ3) is 1.29. The Morgan fingerprint density at radius 2 is 2.25 bits per heavy atom. The lowest BCUT2D eigenvalue weighted by atomic mass is 9.96. The zero-order valence-corrected chi connectivity index (χ0v) is 9.44. The van der Waals surface area contributed by atoms with Gasteiger partial charge in [0.15, 0.2) is 0 Å². The van der Waals surface area contributed by atoms with Crippen molar-refractivity contribution in [3.63, 3.8) is 0 Å². The van der Waals surface area contributed by atoms with Crippen LogP contribution >= 0.6 is 0 Å². The van der Waals surface area contributed by atoms with Gasteiger partial charge in [0.25, 0.3) is 0 Å². The Hall–Kier alpha value is -1.32. The van der Waals surface area contributed by atoms with Crippen molar-refractivity contribution < 1.29 is 4.42 Å². The monoisotopic (exact) mass is 216 g/mol. The molecule has 0 spiro atoms. The summed E-state index contributed by atoms with van der Waals surface area (Å²) in [4.78, 5) is 2.31. The first kappa shape index (κ1) is 9.87. The first-order valence-corrected chi connectivity index (χ1v) is 5.72. The molecule has 16 heavy (non-hydrogen) atoms. The fourth-order valence-electron chi connectivity index (χ4n) is 2.62. The summed E-state index contributed by atoms with van der Waals surface area (Å²) in [5, 5.41) is 1.22. The van der Waals surface area contributed by atoms with Gasteiger partial charge < -0.3 is 10.2 Å². The number of likely N-dealkylation sites (N-methyl/N-ethyl adjacent to an activating group) is 1. The summed E-state index contributed by atoms with van der Waals surface area (Å²) in [5.41, 5.74) is 8.16. The van der Waals surface area contributed by atoms with Gasteiger partial charge in [-0.15, -0.1) is 0 Å². The van der Waals surface area contributed by atoms with Gasteiger partial charge in [-0.1, -0.05) is 18.2 Å². The van der Waals surface area contributed by atoms with E-state index in [-0.39, 0.29) is 0 Å². The van der Waals surface area contributed by atoms with Crippen molar-refractivity contribution >= 4 is 11.0 Å². The number of hydrogen-bond donors (Lipinski definition) is 1. The Balaban J connectivity index is 2.25. The highest BCUT2D eigenvalue weighted by Gasteiger charge is 2.28. The minimum Gasteiger partial charge on any atom is -0.461 e. The number of fused-ring (bicyclic) bond motifs is 3. The predicted octanol–water partition coefficient (Wildman–Crippen LogP) is 1.92. The average molecular weight is 216 g/mol. The fourth-order valence-corrected chi connectivity index (χ4v) is 2.62. The first-order valence-electron chi connectivity index (χ1n) is 5.72. The summed E-state index contributed by atoms with van der Waals surface area (Å²) >= 11 is 0. The van der Waals surface area contributed by atoms with Crippen LogP contribution in [0, 0.1) is 0 Å². The predicted molar refractivity (Wildman–Crippen MR) is 64.3 cm³/mol. The average Bonchev–Trinajstić information content (AvgIpc) is 2.68. The van der Waals surface area contributed by atoms with Gasteiger partial charge in [-0.2, -0.15) is 0 Å². The molecule has 1 unspecified atom stereocenters. The van der Waals surface area contributed by atoms with Crippen LogP contribution < -0.4 is 5.73 Å². The first-order chi connectivity index (χ1) is 7.81. The molecule has 1 aromatic carbocycles. The van der Waals surface area contributed by atoms with Crippen LogP contribution in [0.3, 0.4) is 0 Å². The molecule has 1 aromatic heterocycles. The largest absolute Gasteiger partial charge is 0.461 e. The number of rotatable bonds is 1. The third-order valence-corrected chi connectivity index (χ3v) is 3.49. The second-order valence-electron chi connectivity index (χ2n) is 4.42. The molecule has 0 aliphatic carbocycles. The van der Waals surface area contributed by atoms with Crippen LogP contribution in [0.1, 0.15) is 17.4 Å². The smallest absolute Gasteiger partial charge is 0.134 e. The number of nitrogens with two attached hydrogens (primary N) is 1. The Bertz CT molecular complexity index is 518. The Labute approximate surface area is 94.8 Å². The molecular weight excluding hydrogens is 200 g/mol. The molecule has 84 valence electrons. The lowest BCUT2D eigenvalue weighted by Gasteiger charge is -2.31. The van der Waals surface area contributed by atoms with Crippen LogP contribution in [0.15, 0.2) is 28.7 Å². The Kier molecular flexibility index (Phi) is 2.23. The molecule has 0 amide bonds. The highest BCUT2D eigenvalue weighted by Crippen LogP contribution is 2.36. The molecule has 0 saturated carbocycles. The highest BCUT2D eigenvalue weighted by molar-refractivity contribution is 5.83. The SMILES string of the molecule is CN1CCc2oc3ccccc3c2C1CN. The van der Waals surface area contributed by atoms with Gasteiger partial charge in [-0.3, -0.25) is 4.90 Å². The van der Waals surface area contributed by atoms with Crippen LogP contribution in [-0.4, -0.2) is 25.0 Å². The van der Waals surface area contributed by atoms with Crippen molar-refractivity contribution in [3.8, 4) is 0 Å². The lowest BCUT2D eigenvalue weighted by Crippen LogP contribution is -2.35. The number of benzene rings is 1. The van der Waals surface area contributed by atoms with E-state index in [1.54, 1.807) is 0 Å². The van der Waals surface area contributed by atoms with E-state index < -0.39 is 0 Å². The van der Waals surface area contributed by atoms with E-state index in [0.717, 1.165) is 24.3 Å². The summed E-state index contributed by atoms with van der Waals surface area (Å²) in [5.74, 6) is 1.12.